The molecule has 1 fully saturated rings. The summed E-state index contributed by atoms with van der Waals surface area (Å²) in [6.45, 7) is 4.13. The molecule has 1 aromatic carbocycles. The maximum Gasteiger partial charge on any atom is 0.337 e. The molecular weight excluding hydrogens is 260 g/mol. The minimum Gasteiger partial charge on any atom is -0.487 e. The molecule has 20 heavy (non-hydrogen) atoms. The van der Waals surface area contributed by atoms with Crippen molar-refractivity contribution in [1.29, 1.82) is 0 Å². The van der Waals surface area contributed by atoms with Crippen molar-refractivity contribution in [2.45, 2.75) is 25.5 Å². The summed E-state index contributed by atoms with van der Waals surface area (Å²) in [5.41, 5.74) is 6.93. The molecule has 0 aromatic heterocycles. The lowest BCUT2D eigenvalue weighted by Gasteiger charge is -2.38. The van der Waals surface area contributed by atoms with Crippen molar-refractivity contribution in [3.63, 3.8) is 0 Å². The van der Waals surface area contributed by atoms with Crippen molar-refractivity contribution >= 4 is 17.3 Å². The minimum absolute atomic E-state index is 0.0400. The molecule has 0 radical (unpaired) electrons. The first kappa shape index (κ1) is 13.1. The zero-order valence-electron chi connectivity index (χ0n) is 11.3. The molecule has 2 aliphatic heterocycles. The molecule has 6 heteroatoms. The van der Waals surface area contributed by atoms with Gasteiger partial charge in [0.1, 0.15) is 11.9 Å². The highest BCUT2D eigenvalue weighted by molar-refractivity contribution is 5.96. The molecule has 1 aromatic rings. The number of aromatic carboxylic acids is 1. The van der Waals surface area contributed by atoms with E-state index in [9.17, 15) is 9.90 Å². The van der Waals surface area contributed by atoms with E-state index in [1.807, 2.05) is 6.92 Å². The number of nitrogens with zero attached hydrogens (tertiary/aromatic N) is 1. The van der Waals surface area contributed by atoms with Crippen LogP contribution in [-0.2, 0) is 4.74 Å². The minimum atomic E-state index is -1.02. The summed E-state index contributed by atoms with van der Waals surface area (Å²) >= 11 is 0. The van der Waals surface area contributed by atoms with Crippen LogP contribution in [0.4, 0.5) is 11.4 Å². The second-order valence-corrected chi connectivity index (χ2v) is 5.31. The van der Waals surface area contributed by atoms with Gasteiger partial charge >= 0.3 is 5.97 Å². The van der Waals surface area contributed by atoms with Crippen LogP contribution in [0.15, 0.2) is 12.1 Å². The van der Waals surface area contributed by atoms with Crippen LogP contribution in [0.2, 0.25) is 0 Å². The average Bonchev–Trinajstić information content (AvgIpc) is 2.90. The molecule has 2 aliphatic rings. The number of carbonyl (C=O) groups is 1. The zero-order valence-corrected chi connectivity index (χ0v) is 11.3. The molecule has 1 saturated heterocycles. The smallest absolute Gasteiger partial charge is 0.337 e. The fraction of sp³-hybridized carbons (Fsp3) is 0.500. The first-order chi connectivity index (χ1) is 9.56. The number of carboxylic acids is 1. The summed E-state index contributed by atoms with van der Waals surface area (Å²) in [5, 5.41) is 9.21. The largest absolute Gasteiger partial charge is 0.487 e. The molecule has 0 spiro atoms. The van der Waals surface area contributed by atoms with Gasteiger partial charge in [-0.1, -0.05) is 0 Å². The average molecular weight is 278 g/mol. The van der Waals surface area contributed by atoms with Gasteiger partial charge < -0.3 is 25.2 Å². The molecule has 0 amide bonds. The number of fused-ring (bicyclic) bond motifs is 1. The van der Waals surface area contributed by atoms with Crippen LogP contribution < -0.4 is 15.4 Å². The molecule has 2 unspecified atom stereocenters. The molecule has 3 N–H and O–H groups in total. The number of rotatable bonds is 2. The number of anilines is 2. The van der Waals surface area contributed by atoms with E-state index >= 15 is 0 Å². The fourth-order valence-corrected chi connectivity index (χ4v) is 2.83. The lowest BCUT2D eigenvalue weighted by Crippen LogP contribution is -2.45. The monoisotopic (exact) mass is 278 g/mol. The normalized spacial score (nSPS) is 25.1. The quantitative estimate of drug-likeness (QED) is 0.794. The van der Waals surface area contributed by atoms with Crippen molar-refractivity contribution in [3.8, 4) is 5.75 Å². The Labute approximate surface area is 117 Å². The predicted molar refractivity (Wildman–Crippen MR) is 74.5 cm³/mol. The number of nitrogen functional groups attached to an aromatic ring is 1. The second kappa shape index (κ2) is 4.86. The standard InChI is InChI=1S/C14H18N2O4/c1-8-6-16(9-2-3-19-7-9)12-4-10(14(17)18)11(15)5-13(12)20-8/h4-5,8-9H,2-3,6-7,15H2,1H3,(H,17,18). The first-order valence-corrected chi connectivity index (χ1v) is 6.74. The van der Waals surface area contributed by atoms with E-state index in [1.165, 1.54) is 0 Å². The number of nitrogens with two attached hydrogens (primary N) is 1. The van der Waals surface area contributed by atoms with Gasteiger partial charge in [0.15, 0.2) is 0 Å². The first-order valence-electron chi connectivity index (χ1n) is 6.74. The van der Waals surface area contributed by atoms with Crippen LogP contribution in [-0.4, -0.2) is 43.0 Å². The number of carboxylic acid groups (broad SMARTS) is 1. The summed E-state index contributed by atoms with van der Waals surface area (Å²) < 4.78 is 11.2. The lowest BCUT2D eigenvalue weighted by atomic mass is 10.1. The molecule has 0 aliphatic carbocycles. The van der Waals surface area contributed by atoms with E-state index in [2.05, 4.69) is 4.90 Å². The second-order valence-electron chi connectivity index (χ2n) is 5.31. The van der Waals surface area contributed by atoms with Crippen LogP contribution in [0.5, 0.6) is 5.75 Å². The SMILES string of the molecule is CC1CN(C2CCOC2)c2cc(C(=O)O)c(N)cc2O1. The molecule has 2 atom stereocenters. The molecule has 3 rings (SSSR count). The maximum absolute atomic E-state index is 11.2. The molecule has 108 valence electrons. The van der Waals surface area contributed by atoms with Crippen LogP contribution in [0.3, 0.4) is 0 Å². The zero-order chi connectivity index (χ0) is 14.3. The van der Waals surface area contributed by atoms with Gasteiger partial charge in [-0.25, -0.2) is 4.79 Å². The predicted octanol–water partition coefficient (Wildman–Crippen LogP) is 1.34. The van der Waals surface area contributed by atoms with Gasteiger partial charge in [-0.3, -0.25) is 0 Å². The number of hydrogen-bond acceptors (Lipinski definition) is 5. The Balaban J connectivity index is 2.04. The summed E-state index contributed by atoms with van der Waals surface area (Å²) in [7, 11) is 0. The van der Waals surface area contributed by atoms with Crippen molar-refractivity contribution in [2.75, 3.05) is 30.4 Å². The third kappa shape index (κ3) is 2.16. The third-order valence-electron chi connectivity index (χ3n) is 3.80. The van der Waals surface area contributed by atoms with Gasteiger partial charge in [-0.2, -0.15) is 0 Å². The van der Waals surface area contributed by atoms with Gasteiger partial charge in [0.25, 0.3) is 0 Å². The Hall–Kier alpha value is -1.95. The van der Waals surface area contributed by atoms with Gasteiger partial charge in [-0.05, 0) is 19.4 Å². The summed E-state index contributed by atoms with van der Waals surface area (Å²) in [4.78, 5) is 13.4. The van der Waals surface area contributed by atoms with E-state index in [0.29, 0.717) is 12.4 Å². The van der Waals surface area contributed by atoms with Crippen LogP contribution in [0.1, 0.15) is 23.7 Å². The van der Waals surface area contributed by atoms with Crippen molar-refractivity contribution in [2.24, 2.45) is 0 Å². The molecule has 6 nitrogen and oxygen atoms in total. The van der Waals surface area contributed by atoms with Crippen LogP contribution in [0.25, 0.3) is 0 Å². The number of hydrogen-bond donors (Lipinski definition) is 2. The highest BCUT2D eigenvalue weighted by atomic mass is 16.5. The van der Waals surface area contributed by atoms with Crippen LogP contribution >= 0.6 is 0 Å². The van der Waals surface area contributed by atoms with Crippen LogP contribution in [0, 0.1) is 0 Å². The summed E-state index contributed by atoms with van der Waals surface area (Å²) in [6.07, 6.45) is 0.983. The third-order valence-corrected chi connectivity index (χ3v) is 3.80. The van der Waals surface area contributed by atoms with Crippen molar-refractivity contribution in [1.82, 2.24) is 0 Å². The van der Waals surface area contributed by atoms with E-state index in [0.717, 1.165) is 25.3 Å². The van der Waals surface area contributed by atoms with E-state index in [-0.39, 0.29) is 23.4 Å². The Morgan fingerprint density at radius 1 is 1.50 bits per heavy atom. The number of benzene rings is 1. The van der Waals surface area contributed by atoms with E-state index < -0.39 is 5.97 Å². The highest BCUT2D eigenvalue weighted by Gasteiger charge is 2.32. The molecule has 2 heterocycles. The van der Waals surface area contributed by atoms with E-state index in [4.69, 9.17) is 15.2 Å². The topological polar surface area (TPSA) is 85.0 Å². The lowest BCUT2D eigenvalue weighted by molar-refractivity contribution is 0.0698. The van der Waals surface area contributed by atoms with Crippen molar-refractivity contribution < 1.29 is 19.4 Å². The highest BCUT2D eigenvalue weighted by Crippen LogP contribution is 2.39. The Kier molecular flexibility index (Phi) is 3.17. The van der Waals surface area contributed by atoms with Crippen molar-refractivity contribution in [3.05, 3.63) is 17.7 Å². The maximum atomic E-state index is 11.2. The Morgan fingerprint density at radius 3 is 2.95 bits per heavy atom. The molecule has 0 saturated carbocycles. The van der Waals surface area contributed by atoms with Gasteiger partial charge in [0.05, 0.1) is 30.4 Å². The van der Waals surface area contributed by atoms with Gasteiger partial charge in [0.2, 0.25) is 0 Å². The van der Waals surface area contributed by atoms with Gasteiger partial charge in [0, 0.05) is 18.4 Å². The Bertz CT molecular complexity index is 540. The Morgan fingerprint density at radius 2 is 2.30 bits per heavy atom. The van der Waals surface area contributed by atoms with Gasteiger partial charge in [-0.15, -0.1) is 0 Å². The number of ether oxygens (including phenoxy) is 2. The van der Waals surface area contributed by atoms with E-state index in [1.54, 1.807) is 12.1 Å². The molecule has 0 bridgehead atoms. The molecular formula is C14H18N2O4. The summed E-state index contributed by atoms with van der Waals surface area (Å²) in [6, 6.07) is 3.49. The fourth-order valence-electron chi connectivity index (χ4n) is 2.83. The summed E-state index contributed by atoms with van der Waals surface area (Å²) in [5.74, 6) is -0.371.